The third-order valence-electron chi connectivity index (χ3n) is 3.24. The molecule has 0 unspecified atom stereocenters. The van der Waals surface area contributed by atoms with Gasteiger partial charge in [0, 0.05) is 23.7 Å². The molecule has 0 N–H and O–H groups in total. The fourth-order valence-corrected chi connectivity index (χ4v) is 2.14. The summed E-state index contributed by atoms with van der Waals surface area (Å²) < 4.78 is 6.64. The van der Waals surface area contributed by atoms with Gasteiger partial charge in [-0.05, 0) is 32.3 Å². The van der Waals surface area contributed by atoms with Crippen LogP contribution in [0.1, 0.15) is 0 Å². The first-order chi connectivity index (χ1) is 10.1. The zero-order chi connectivity index (χ0) is 14.8. The second-order valence-electron chi connectivity index (χ2n) is 5.08. The van der Waals surface area contributed by atoms with Gasteiger partial charge in [-0.1, -0.05) is 12.1 Å². The number of hydrogen-bond donors (Lipinski definition) is 0. The van der Waals surface area contributed by atoms with E-state index in [0.29, 0.717) is 12.4 Å². The predicted molar refractivity (Wildman–Crippen MR) is 80.1 cm³/mol. The first-order valence-electron chi connectivity index (χ1n) is 6.72. The number of pyridine rings is 1. The van der Waals surface area contributed by atoms with Crippen molar-refractivity contribution in [2.75, 3.05) is 20.6 Å². The highest BCUT2D eigenvalue weighted by atomic mass is 16.4. The van der Waals surface area contributed by atoms with Gasteiger partial charge in [0.1, 0.15) is 0 Å². The summed E-state index contributed by atoms with van der Waals surface area (Å²) in [4.78, 5) is 18.1. The van der Waals surface area contributed by atoms with E-state index < -0.39 is 5.76 Å². The predicted octanol–water partition coefficient (Wildman–Crippen LogP) is 1.61. The molecule has 0 aliphatic rings. The number of hydrogen-bond acceptors (Lipinski definition) is 5. The molecule has 3 aromatic rings. The summed E-state index contributed by atoms with van der Waals surface area (Å²) in [6.45, 7) is 1.22. The van der Waals surface area contributed by atoms with Gasteiger partial charge in [0.05, 0.1) is 12.1 Å². The summed E-state index contributed by atoms with van der Waals surface area (Å²) in [6, 6.07) is 9.47. The minimum absolute atomic E-state index is 0.331. The van der Waals surface area contributed by atoms with Crippen molar-refractivity contribution in [3.05, 3.63) is 47.1 Å². The molecule has 0 radical (unpaired) electrons. The average molecular weight is 284 g/mol. The summed E-state index contributed by atoms with van der Waals surface area (Å²) in [5, 5.41) is 5.20. The molecule has 0 atom stereocenters. The van der Waals surface area contributed by atoms with E-state index in [4.69, 9.17) is 4.42 Å². The maximum Gasteiger partial charge on any atom is 0.437 e. The molecule has 1 aromatic carbocycles. The van der Waals surface area contributed by atoms with E-state index in [1.165, 1.54) is 4.68 Å². The number of aromatic nitrogens is 3. The van der Waals surface area contributed by atoms with Crippen molar-refractivity contribution in [1.29, 1.82) is 0 Å². The average Bonchev–Trinajstić information content (AvgIpc) is 2.85. The van der Waals surface area contributed by atoms with Crippen molar-refractivity contribution in [2.24, 2.45) is 0 Å². The Kier molecular flexibility index (Phi) is 3.53. The lowest BCUT2D eigenvalue weighted by atomic mass is 10.1. The topological polar surface area (TPSA) is 64.2 Å². The summed E-state index contributed by atoms with van der Waals surface area (Å²) in [5.41, 5.74) is 1.63. The highest BCUT2D eigenvalue weighted by Crippen LogP contribution is 2.25. The summed E-state index contributed by atoms with van der Waals surface area (Å²) in [7, 11) is 3.89. The normalized spacial score (nSPS) is 11.4. The zero-order valence-electron chi connectivity index (χ0n) is 12.0. The van der Waals surface area contributed by atoms with Gasteiger partial charge in [-0.15, -0.1) is 5.10 Å². The van der Waals surface area contributed by atoms with Gasteiger partial charge in [-0.3, -0.25) is 4.98 Å². The fourth-order valence-electron chi connectivity index (χ4n) is 2.14. The smallest absolute Gasteiger partial charge is 0.388 e. The number of likely N-dealkylation sites (N-methyl/N-ethyl adjacent to an activating group) is 1. The van der Waals surface area contributed by atoms with Crippen LogP contribution in [0, 0.1) is 0 Å². The molecule has 108 valence electrons. The van der Waals surface area contributed by atoms with E-state index in [1.807, 2.05) is 49.3 Å². The molecular weight excluding hydrogens is 268 g/mol. The number of nitrogens with zero attached hydrogens (tertiary/aromatic N) is 4. The van der Waals surface area contributed by atoms with Gasteiger partial charge in [-0.2, -0.15) is 4.68 Å². The third-order valence-corrected chi connectivity index (χ3v) is 3.24. The van der Waals surface area contributed by atoms with Crippen LogP contribution in [0.15, 0.2) is 45.7 Å². The number of fused-ring (bicyclic) bond motifs is 1. The van der Waals surface area contributed by atoms with Crippen molar-refractivity contribution in [2.45, 2.75) is 6.54 Å². The molecule has 2 heterocycles. The van der Waals surface area contributed by atoms with Crippen LogP contribution < -0.4 is 5.76 Å². The van der Waals surface area contributed by atoms with Crippen LogP contribution in [0.5, 0.6) is 0 Å². The first kappa shape index (κ1) is 13.5. The third kappa shape index (κ3) is 2.71. The van der Waals surface area contributed by atoms with Crippen LogP contribution in [0.25, 0.3) is 22.4 Å². The molecule has 6 heteroatoms. The Balaban J connectivity index is 2.03. The lowest BCUT2D eigenvalue weighted by Crippen LogP contribution is -2.24. The largest absolute Gasteiger partial charge is 0.437 e. The molecule has 0 saturated carbocycles. The molecule has 0 fully saturated rings. The van der Waals surface area contributed by atoms with E-state index >= 15 is 0 Å². The van der Waals surface area contributed by atoms with Gasteiger partial charge >= 0.3 is 5.76 Å². The van der Waals surface area contributed by atoms with Crippen molar-refractivity contribution in [3.63, 3.8) is 0 Å². The number of benzene rings is 1. The van der Waals surface area contributed by atoms with Crippen LogP contribution in [0.4, 0.5) is 0 Å². The van der Waals surface area contributed by atoms with Crippen molar-refractivity contribution in [3.8, 4) is 11.5 Å². The maximum atomic E-state index is 11.9. The van der Waals surface area contributed by atoms with Gasteiger partial charge < -0.3 is 9.32 Å². The minimum atomic E-state index is -0.437. The molecule has 21 heavy (non-hydrogen) atoms. The standard InChI is InChI=1S/C15H16N4O2/c1-18(2)9-10-19-15(20)21-14(17-19)12-5-3-7-13-11(12)6-4-8-16-13/h3-8H,9-10H2,1-2H3. The zero-order valence-corrected chi connectivity index (χ0v) is 12.0. The molecule has 2 aromatic heterocycles. The maximum absolute atomic E-state index is 11.9. The molecule has 0 aliphatic carbocycles. The van der Waals surface area contributed by atoms with Crippen molar-refractivity contribution >= 4 is 10.9 Å². The molecule has 0 amide bonds. The molecule has 3 rings (SSSR count). The number of rotatable bonds is 4. The quantitative estimate of drug-likeness (QED) is 0.728. The Morgan fingerprint density at radius 3 is 2.90 bits per heavy atom. The summed E-state index contributed by atoms with van der Waals surface area (Å²) in [5.74, 6) is -0.106. The van der Waals surface area contributed by atoms with Crippen LogP contribution in [0.3, 0.4) is 0 Å². The van der Waals surface area contributed by atoms with Gasteiger partial charge in [0.15, 0.2) is 0 Å². The SMILES string of the molecule is CN(C)CCn1nc(-c2cccc3ncccc23)oc1=O. The first-order valence-corrected chi connectivity index (χ1v) is 6.72. The Bertz CT molecular complexity index is 814. The highest BCUT2D eigenvalue weighted by molar-refractivity contribution is 5.92. The second kappa shape index (κ2) is 5.49. The van der Waals surface area contributed by atoms with Crippen molar-refractivity contribution < 1.29 is 4.42 Å². The van der Waals surface area contributed by atoms with Crippen molar-refractivity contribution in [1.82, 2.24) is 19.7 Å². The lowest BCUT2D eigenvalue weighted by Gasteiger charge is -2.07. The Labute approximate surface area is 121 Å². The van der Waals surface area contributed by atoms with Crippen LogP contribution >= 0.6 is 0 Å². The molecule has 6 nitrogen and oxygen atoms in total. The Hall–Kier alpha value is -2.47. The second-order valence-corrected chi connectivity index (χ2v) is 5.08. The lowest BCUT2D eigenvalue weighted by molar-refractivity contribution is 0.362. The molecular formula is C15H16N4O2. The highest BCUT2D eigenvalue weighted by Gasteiger charge is 2.13. The minimum Gasteiger partial charge on any atom is -0.388 e. The summed E-state index contributed by atoms with van der Waals surface area (Å²) >= 11 is 0. The molecule has 0 bridgehead atoms. The molecule has 0 saturated heterocycles. The summed E-state index contributed by atoms with van der Waals surface area (Å²) in [6.07, 6.45) is 1.73. The van der Waals surface area contributed by atoms with Gasteiger partial charge in [-0.25, -0.2) is 4.79 Å². The van der Waals surface area contributed by atoms with E-state index in [0.717, 1.165) is 23.0 Å². The monoisotopic (exact) mass is 284 g/mol. The molecule has 0 aliphatic heterocycles. The Morgan fingerprint density at radius 2 is 2.10 bits per heavy atom. The molecule has 0 spiro atoms. The fraction of sp³-hybridized carbons (Fsp3) is 0.267. The van der Waals surface area contributed by atoms with Crippen LogP contribution in [-0.2, 0) is 6.54 Å². The van der Waals surface area contributed by atoms with E-state index in [9.17, 15) is 4.79 Å². The van der Waals surface area contributed by atoms with Crippen LogP contribution in [0.2, 0.25) is 0 Å². The Morgan fingerprint density at radius 1 is 1.24 bits per heavy atom. The van der Waals surface area contributed by atoms with E-state index in [2.05, 4.69) is 10.1 Å². The van der Waals surface area contributed by atoms with E-state index in [1.54, 1.807) is 6.20 Å². The van der Waals surface area contributed by atoms with Gasteiger partial charge in [0.25, 0.3) is 0 Å². The van der Waals surface area contributed by atoms with E-state index in [-0.39, 0.29) is 0 Å². The van der Waals surface area contributed by atoms with Gasteiger partial charge in [0.2, 0.25) is 5.89 Å². The van der Waals surface area contributed by atoms with Crippen LogP contribution in [-0.4, -0.2) is 40.3 Å².